The molecule has 0 amide bonds. The van der Waals surface area contributed by atoms with E-state index in [0.717, 1.165) is 28.8 Å². The van der Waals surface area contributed by atoms with Crippen molar-refractivity contribution >= 4 is 11.9 Å². The first-order valence-corrected chi connectivity index (χ1v) is 9.82. The van der Waals surface area contributed by atoms with Gasteiger partial charge in [-0.1, -0.05) is 41.5 Å². The molecule has 0 unspecified atom stereocenters. The minimum absolute atomic E-state index is 0.0718. The smallest absolute Gasteiger partial charge is 0.331 e. The van der Waals surface area contributed by atoms with Gasteiger partial charge in [-0.05, 0) is 46.6 Å². The van der Waals surface area contributed by atoms with Crippen LogP contribution in [0.4, 0.5) is 0 Å². The van der Waals surface area contributed by atoms with Crippen LogP contribution < -0.4 is 0 Å². The lowest BCUT2D eigenvalue weighted by molar-refractivity contribution is -0.141. The molecule has 0 heterocycles. The third-order valence-corrected chi connectivity index (χ3v) is 4.17. The van der Waals surface area contributed by atoms with Gasteiger partial charge in [-0.2, -0.15) is 0 Å². The Kier molecular flexibility index (Phi) is 8.89. The van der Waals surface area contributed by atoms with Gasteiger partial charge in [0.25, 0.3) is 0 Å². The van der Waals surface area contributed by atoms with Crippen molar-refractivity contribution in [3.8, 4) is 5.75 Å². The van der Waals surface area contributed by atoms with Gasteiger partial charge in [0.2, 0.25) is 0 Å². The highest BCUT2D eigenvalue weighted by Gasteiger charge is 2.26. The van der Waals surface area contributed by atoms with Crippen LogP contribution in [0.1, 0.15) is 65.2 Å². The quantitative estimate of drug-likeness (QED) is 0.396. The average molecular weight is 407 g/mol. The minimum atomic E-state index is -0.628. The number of ether oxygens (including phenoxy) is 3. The zero-order valence-corrected chi connectivity index (χ0v) is 18.6. The molecule has 0 fully saturated rings. The number of esters is 2. The van der Waals surface area contributed by atoms with Crippen molar-refractivity contribution < 1.29 is 28.9 Å². The van der Waals surface area contributed by atoms with Crippen molar-refractivity contribution in [2.45, 2.75) is 65.9 Å². The van der Waals surface area contributed by atoms with E-state index in [1.165, 1.54) is 0 Å². The van der Waals surface area contributed by atoms with Crippen molar-refractivity contribution in [3.63, 3.8) is 0 Å². The summed E-state index contributed by atoms with van der Waals surface area (Å²) in [5.41, 5.74) is 2.28. The molecular weight excluding hydrogens is 372 g/mol. The summed E-state index contributed by atoms with van der Waals surface area (Å²) in [6.07, 6.45) is 2.06. The van der Waals surface area contributed by atoms with E-state index in [9.17, 15) is 14.7 Å². The minimum Gasteiger partial charge on any atom is -0.507 e. The van der Waals surface area contributed by atoms with Crippen LogP contribution in [0, 0.1) is 0 Å². The highest BCUT2D eigenvalue weighted by atomic mass is 16.6. The highest BCUT2D eigenvalue weighted by molar-refractivity contribution is 5.91. The van der Waals surface area contributed by atoms with Crippen LogP contribution in [0.5, 0.6) is 5.75 Å². The van der Waals surface area contributed by atoms with Crippen LogP contribution >= 0.6 is 0 Å². The maximum atomic E-state index is 11.5. The number of carbonyl (C=O) groups is 2. The van der Waals surface area contributed by atoms with E-state index in [-0.39, 0.29) is 30.7 Å². The summed E-state index contributed by atoms with van der Waals surface area (Å²) < 4.78 is 15.3. The highest BCUT2D eigenvalue weighted by Crippen LogP contribution is 2.39. The largest absolute Gasteiger partial charge is 0.507 e. The molecule has 29 heavy (non-hydrogen) atoms. The van der Waals surface area contributed by atoms with Crippen LogP contribution in [0.15, 0.2) is 24.3 Å². The molecule has 1 rings (SSSR count). The first kappa shape index (κ1) is 24.7. The third kappa shape index (κ3) is 8.28. The Morgan fingerprint density at radius 3 is 1.83 bits per heavy atom. The molecule has 162 valence electrons. The van der Waals surface area contributed by atoms with E-state index >= 15 is 0 Å². The Morgan fingerprint density at radius 2 is 1.38 bits per heavy atom. The van der Waals surface area contributed by atoms with Gasteiger partial charge in [-0.15, -0.1) is 0 Å². The van der Waals surface area contributed by atoms with Gasteiger partial charge >= 0.3 is 11.9 Å². The maximum Gasteiger partial charge on any atom is 0.331 e. The average Bonchev–Trinajstić information content (AvgIpc) is 2.59. The second-order valence-electron chi connectivity index (χ2n) is 8.85. The van der Waals surface area contributed by atoms with Crippen LogP contribution in [-0.2, 0) is 41.2 Å². The number of benzene rings is 1. The normalized spacial score (nSPS) is 12.2. The molecule has 0 aromatic heterocycles. The number of phenolic OH excluding ortho intramolecular Hbond substituents is 1. The fraction of sp³-hybridized carbons (Fsp3) is 0.565. The van der Waals surface area contributed by atoms with Crippen molar-refractivity contribution in [1.29, 1.82) is 0 Å². The second kappa shape index (κ2) is 10.4. The first-order valence-electron chi connectivity index (χ1n) is 9.82. The standard InChI is InChI=1S/C23H34O6/c1-8-28-19(24)9-10-20(25)29-12-11-27-15-16-13-17(22(2,3)4)21(26)18(14-16)23(5,6)7/h9-10,13-14,26H,8,11-12,15H2,1-7H3/b10-9-. The predicted molar refractivity (Wildman–Crippen MR) is 112 cm³/mol. The topological polar surface area (TPSA) is 82.1 Å². The lowest BCUT2D eigenvalue weighted by atomic mass is 9.78. The fourth-order valence-corrected chi connectivity index (χ4v) is 2.69. The molecule has 1 aromatic carbocycles. The van der Waals surface area contributed by atoms with Crippen molar-refractivity contribution in [2.24, 2.45) is 0 Å². The molecule has 0 saturated heterocycles. The molecule has 0 aliphatic rings. The number of rotatable bonds is 8. The molecule has 0 aliphatic heterocycles. The molecular formula is C23H34O6. The zero-order valence-electron chi connectivity index (χ0n) is 18.6. The lowest BCUT2D eigenvalue weighted by Crippen LogP contribution is -2.18. The maximum absolute atomic E-state index is 11.5. The van der Waals surface area contributed by atoms with E-state index in [0.29, 0.717) is 12.4 Å². The number of carbonyl (C=O) groups excluding carboxylic acids is 2. The Bertz CT molecular complexity index is 700. The predicted octanol–water partition coefficient (Wildman–Crippen LogP) is 4.17. The molecule has 0 radical (unpaired) electrons. The summed E-state index contributed by atoms with van der Waals surface area (Å²) in [5.74, 6) is -0.885. The number of hydrogen-bond donors (Lipinski definition) is 1. The van der Waals surface area contributed by atoms with E-state index in [4.69, 9.17) is 9.47 Å². The number of hydrogen-bond acceptors (Lipinski definition) is 6. The van der Waals surface area contributed by atoms with Gasteiger partial charge < -0.3 is 19.3 Å². The summed E-state index contributed by atoms with van der Waals surface area (Å²) in [4.78, 5) is 22.7. The molecule has 0 atom stereocenters. The summed E-state index contributed by atoms with van der Waals surface area (Å²) in [5, 5.41) is 10.7. The Balaban J connectivity index is 2.67. The molecule has 0 spiro atoms. The van der Waals surface area contributed by atoms with E-state index in [1.54, 1.807) is 6.92 Å². The molecule has 0 saturated carbocycles. The van der Waals surface area contributed by atoms with Gasteiger partial charge in [-0.3, -0.25) is 0 Å². The second-order valence-corrected chi connectivity index (χ2v) is 8.85. The molecule has 1 aromatic rings. The molecule has 1 N–H and O–H groups in total. The summed E-state index contributed by atoms with van der Waals surface area (Å²) in [6, 6.07) is 3.91. The van der Waals surface area contributed by atoms with Gasteiger partial charge in [-0.25, -0.2) is 9.59 Å². The lowest BCUT2D eigenvalue weighted by Gasteiger charge is -2.28. The Morgan fingerprint density at radius 1 is 0.897 bits per heavy atom. The number of phenols is 1. The monoisotopic (exact) mass is 406 g/mol. The summed E-state index contributed by atoms with van der Waals surface area (Å²) in [6.45, 7) is 14.9. The van der Waals surface area contributed by atoms with E-state index < -0.39 is 11.9 Å². The van der Waals surface area contributed by atoms with Crippen LogP contribution in [0.2, 0.25) is 0 Å². The Labute approximate surface area is 173 Å². The molecule has 0 bridgehead atoms. The van der Waals surface area contributed by atoms with E-state index in [2.05, 4.69) is 46.3 Å². The van der Waals surface area contributed by atoms with Crippen LogP contribution in [0.3, 0.4) is 0 Å². The third-order valence-electron chi connectivity index (χ3n) is 4.17. The SMILES string of the molecule is CCOC(=O)/C=C\C(=O)OCCOCc1cc(C(C)(C)C)c(O)c(C(C)(C)C)c1. The fourth-order valence-electron chi connectivity index (χ4n) is 2.69. The van der Waals surface area contributed by atoms with Crippen molar-refractivity contribution in [3.05, 3.63) is 41.0 Å². The van der Waals surface area contributed by atoms with Gasteiger partial charge in [0.15, 0.2) is 0 Å². The van der Waals surface area contributed by atoms with E-state index in [1.807, 2.05) is 12.1 Å². The summed E-state index contributed by atoms with van der Waals surface area (Å²) in [7, 11) is 0. The van der Waals surface area contributed by atoms with Crippen molar-refractivity contribution in [1.82, 2.24) is 0 Å². The summed E-state index contributed by atoms with van der Waals surface area (Å²) >= 11 is 0. The van der Waals surface area contributed by atoms with Gasteiger partial charge in [0, 0.05) is 12.2 Å². The van der Waals surface area contributed by atoms with Crippen LogP contribution in [-0.4, -0.2) is 36.9 Å². The van der Waals surface area contributed by atoms with Crippen LogP contribution in [0.25, 0.3) is 0 Å². The zero-order chi connectivity index (χ0) is 22.2. The first-order chi connectivity index (χ1) is 13.4. The number of aromatic hydroxyl groups is 1. The van der Waals surface area contributed by atoms with Crippen molar-refractivity contribution in [2.75, 3.05) is 19.8 Å². The molecule has 6 heteroatoms. The van der Waals surface area contributed by atoms with Gasteiger partial charge in [0.05, 0.1) is 19.8 Å². The van der Waals surface area contributed by atoms with Gasteiger partial charge in [0.1, 0.15) is 12.4 Å². The molecule has 6 nitrogen and oxygen atoms in total. The Hall–Kier alpha value is -2.34. The molecule has 0 aliphatic carbocycles.